The van der Waals surface area contributed by atoms with Crippen molar-refractivity contribution in [1.82, 2.24) is 9.71 Å². The van der Waals surface area contributed by atoms with E-state index in [1.54, 1.807) is 6.20 Å². The standard InChI is InChI=1S/C14H17N3O3S/c1-20-13-10-11(15)5-6-14(13)21(18,19)17-9-7-12-4-2-3-8-16-12/h2-6,8,10,17H,7,9,15H2,1H3. The van der Waals surface area contributed by atoms with E-state index in [1.807, 2.05) is 18.2 Å². The normalized spacial score (nSPS) is 11.3. The Morgan fingerprint density at radius 3 is 2.76 bits per heavy atom. The van der Waals surface area contributed by atoms with Crippen LogP contribution in [0.1, 0.15) is 5.69 Å². The molecule has 21 heavy (non-hydrogen) atoms. The van der Waals surface area contributed by atoms with E-state index in [4.69, 9.17) is 10.5 Å². The summed E-state index contributed by atoms with van der Waals surface area (Å²) in [6, 6.07) is 9.95. The lowest BCUT2D eigenvalue weighted by atomic mass is 10.3. The number of hydrogen-bond donors (Lipinski definition) is 2. The summed E-state index contributed by atoms with van der Waals surface area (Å²) < 4.78 is 32.1. The Morgan fingerprint density at radius 2 is 2.10 bits per heavy atom. The van der Waals surface area contributed by atoms with Crippen LogP contribution in [0.25, 0.3) is 0 Å². The van der Waals surface area contributed by atoms with Crippen molar-refractivity contribution in [3.8, 4) is 5.75 Å². The highest BCUT2D eigenvalue weighted by Crippen LogP contribution is 2.25. The summed E-state index contributed by atoms with van der Waals surface area (Å²) in [6.07, 6.45) is 2.18. The number of rotatable bonds is 6. The molecular weight excluding hydrogens is 290 g/mol. The zero-order valence-corrected chi connectivity index (χ0v) is 12.4. The molecular formula is C14H17N3O3S. The fraction of sp³-hybridized carbons (Fsp3) is 0.214. The highest BCUT2D eigenvalue weighted by Gasteiger charge is 2.19. The fourth-order valence-corrected chi connectivity index (χ4v) is 3.02. The fourth-order valence-electron chi connectivity index (χ4n) is 1.84. The van der Waals surface area contributed by atoms with Gasteiger partial charge in [-0.15, -0.1) is 0 Å². The molecule has 0 aliphatic rings. The van der Waals surface area contributed by atoms with Gasteiger partial charge in [-0.2, -0.15) is 0 Å². The number of nitrogens with zero attached hydrogens (tertiary/aromatic N) is 1. The number of hydrogen-bond acceptors (Lipinski definition) is 5. The Balaban J connectivity index is 2.08. The van der Waals surface area contributed by atoms with Crippen LogP contribution in [-0.2, 0) is 16.4 Å². The number of nitrogen functional groups attached to an aromatic ring is 1. The van der Waals surface area contributed by atoms with Crippen molar-refractivity contribution >= 4 is 15.7 Å². The van der Waals surface area contributed by atoms with E-state index < -0.39 is 10.0 Å². The number of nitrogens with one attached hydrogen (secondary N) is 1. The van der Waals surface area contributed by atoms with Gasteiger partial charge in [0.1, 0.15) is 10.6 Å². The molecule has 1 aromatic carbocycles. The lowest BCUT2D eigenvalue weighted by Gasteiger charge is -2.11. The molecule has 112 valence electrons. The maximum Gasteiger partial charge on any atom is 0.244 e. The van der Waals surface area contributed by atoms with E-state index in [0.29, 0.717) is 12.1 Å². The number of ether oxygens (including phenoxy) is 1. The number of sulfonamides is 1. The third-order valence-electron chi connectivity index (χ3n) is 2.88. The van der Waals surface area contributed by atoms with Crippen molar-refractivity contribution in [3.63, 3.8) is 0 Å². The van der Waals surface area contributed by atoms with Gasteiger partial charge in [0, 0.05) is 36.6 Å². The Morgan fingerprint density at radius 1 is 1.29 bits per heavy atom. The maximum atomic E-state index is 12.3. The number of anilines is 1. The van der Waals surface area contributed by atoms with Gasteiger partial charge in [-0.05, 0) is 24.3 Å². The molecule has 1 aromatic heterocycles. The van der Waals surface area contributed by atoms with Crippen LogP contribution in [0, 0.1) is 0 Å². The largest absolute Gasteiger partial charge is 0.495 e. The molecule has 0 aliphatic carbocycles. The SMILES string of the molecule is COc1cc(N)ccc1S(=O)(=O)NCCc1ccccn1. The first-order valence-corrected chi connectivity index (χ1v) is 7.84. The summed E-state index contributed by atoms with van der Waals surface area (Å²) in [7, 11) is -2.24. The smallest absolute Gasteiger partial charge is 0.244 e. The third kappa shape index (κ3) is 3.93. The predicted molar refractivity (Wildman–Crippen MR) is 80.5 cm³/mol. The molecule has 0 atom stereocenters. The first-order valence-electron chi connectivity index (χ1n) is 6.36. The second-order valence-electron chi connectivity index (χ2n) is 4.38. The minimum Gasteiger partial charge on any atom is -0.495 e. The van der Waals surface area contributed by atoms with Gasteiger partial charge >= 0.3 is 0 Å². The second kappa shape index (κ2) is 6.55. The van der Waals surface area contributed by atoms with E-state index >= 15 is 0 Å². The molecule has 0 saturated heterocycles. The molecule has 0 radical (unpaired) electrons. The lowest BCUT2D eigenvalue weighted by molar-refractivity contribution is 0.402. The predicted octanol–water partition coefficient (Wildman–Crippen LogP) is 1.19. The Hall–Kier alpha value is -2.12. The monoisotopic (exact) mass is 307 g/mol. The molecule has 2 aromatic rings. The summed E-state index contributed by atoms with van der Waals surface area (Å²) in [5.41, 5.74) is 6.89. The molecule has 0 saturated carbocycles. The second-order valence-corrected chi connectivity index (χ2v) is 6.11. The molecule has 0 aliphatic heterocycles. The van der Waals surface area contributed by atoms with Crippen molar-refractivity contribution < 1.29 is 13.2 Å². The number of methoxy groups -OCH3 is 1. The maximum absolute atomic E-state index is 12.3. The summed E-state index contributed by atoms with van der Waals surface area (Å²) in [4.78, 5) is 4.21. The van der Waals surface area contributed by atoms with Crippen molar-refractivity contribution in [3.05, 3.63) is 48.3 Å². The average molecular weight is 307 g/mol. The van der Waals surface area contributed by atoms with E-state index in [9.17, 15) is 8.42 Å². The Labute approximate surface area is 124 Å². The van der Waals surface area contributed by atoms with E-state index in [2.05, 4.69) is 9.71 Å². The van der Waals surface area contributed by atoms with Crippen LogP contribution in [0.2, 0.25) is 0 Å². The topological polar surface area (TPSA) is 94.3 Å². The summed E-state index contributed by atoms with van der Waals surface area (Å²) in [5, 5.41) is 0. The van der Waals surface area contributed by atoms with Crippen LogP contribution in [-0.4, -0.2) is 27.1 Å². The molecule has 0 unspecified atom stereocenters. The van der Waals surface area contributed by atoms with Crippen LogP contribution >= 0.6 is 0 Å². The van der Waals surface area contributed by atoms with Crippen LogP contribution in [0.3, 0.4) is 0 Å². The van der Waals surface area contributed by atoms with Gasteiger partial charge in [-0.25, -0.2) is 13.1 Å². The quantitative estimate of drug-likeness (QED) is 0.782. The third-order valence-corrected chi connectivity index (χ3v) is 4.38. The molecule has 0 spiro atoms. The van der Waals surface area contributed by atoms with E-state index in [1.165, 1.54) is 25.3 Å². The average Bonchev–Trinajstić information content (AvgIpc) is 2.47. The van der Waals surface area contributed by atoms with Gasteiger partial charge in [0.25, 0.3) is 0 Å². The summed E-state index contributed by atoms with van der Waals surface area (Å²) >= 11 is 0. The summed E-state index contributed by atoms with van der Waals surface area (Å²) in [5.74, 6) is 0.223. The molecule has 0 amide bonds. The van der Waals surface area contributed by atoms with Crippen LogP contribution in [0.5, 0.6) is 5.75 Å². The zero-order chi connectivity index (χ0) is 15.3. The van der Waals surface area contributed by atoms with Gasteiger partial charge in [0.05, 0.1) is 7.11 Å². The highest BCUT2D eigenvalue weighted by atomic mass is 32.2. The van der Waals surface area contributed by atoms with Crippen molar-refractivity contribution in [2.24, 2.45) is 0 Å². The minimum atomic E-state index is -3.65. The Kier molecular flexibility index (Phi) is 4.77. The molecule has 7 heteroatoms. The lowest BCUT2D eigenvalue weighted by Crippen LogP contribution is -2.26. The van der Waals surface area contributed by atoms with Gasteiger partial charge in [0.2, 0.25) is 10.0 Å². The molecule has 2 rings (SSSR count). The summed E-state index contributed by atoms with van der Waals surface area (Å²) in [6.45, 7) is 0.257. The number of benzene rings is 1. The molecule has 6 nitrogen and oxygen atoms in total. The van der Waals surface area contributed by atoms with E-state index in [-0.39, 0.29) is 17.2 Å². The first kappa shape index (κ1) is 15.3. The van der Waals surface area contributed by atoms with Gasteiger partial charge < -0.3 is 10.5 Å². The van der Waals surface area contributed by atoms with Crippen molar-refractivity contribution in [1.29, 1.82) is 0 Å². The van der Waals surface area contributed by atoms with Crippen LogP contribution in [0.15, 0.2) is 47.5 Å². The van der Waals surface area contributed by atoms with Crippen LogP contribution in [0.4, 0.5) is 5.69 Å². The highest BCUT2D eigenvalue weighted by molar-refractivity contribution is 7.89. The molecule has 3 N–H and O–H groups in total. The zero-order valence-electron chi connectivity index (χ0n) is 11.6. The molecule has 0 bridgehead atoms. The first-order chi connectivity index (χ1) is 10.0. The van der Waals surface area contributed by atoms with Gasteiger partial charge in [0.15, 0.2) is 0 Å². The minimum absolute atomic E-state index is 0.0696. The number of pyridine rings is 1. The van der Waals surface area contributed by atoms with Gasteiger partial charge in [-0.3, -0.25) is 4.98 Å². The molecule has 1 heterocycles. The van der Waals surface area contributed by atoms with Gasteiger partial charge in [-0.1, -0.05) is 6.07 Å². The Bertz CT molecular complexity index is 703. The van der Waals surface area contributed by atoms with Crippen molar-refractivity contribution in [2.75, 3.05) is 19.4 Å². The van der Waals surface area contributed by atoms with E-state index in [0.717, 1.165) is 5.69 Å². The number of nitrogens with two attached hydrogens (primary N) is 1. The molecule has 0 fully saturated rings. The van der Waals surface area contributed by atoms with Crippen molar-refractivity contribution in [2.45, 2.75) is 11.3 Å². The number of aromatic nitrogens is 1. The van der Waals surface area contributed by atoms with Crippen LogP contribution < -0.4 is 15.2 Å².